The minimum Gasteiger partial charge on any atom is -0.478 e. The highest BCUT2D eigenvalue weighted by Crippen LogP contribution is 2.63. The first-order chi connectivity index (χ1) is 15.2. The van der Waals surface area contributed by atoms with Crippen molar-refractivity contribution in [3.05, 3.63) is 65.9 Å². The first kappa shape index (κ1) is 24.7. The van der Waals surface area contributed by atoms with Crippen LogP contribution in [0.5, 0.6) is 5.75 Å². The van der Waals surface area contributed by atoms with Crippen LogP contribution in [0.2, 0.25) is 0 Å². The lowest BCUT2D eigenvalue weighted by atomic mass is 9.72. The monoisotopic (exact) mass is 476 g/mol. The lowest BCUT2D eigenvalue weighted by molar-refractivity contribution is -0.131. The highest BCUT2D eigenvalue weighted by atomic mass is 32.3. The molecule has 3 N–H and O–H groups in total. The van der Waals surface area contributed by atoms with Gasteiger partial charge >= 0.3 is 5.97 Å². The molecule has 0 aliphatic carbocycles. The molecule has 0 saturated carbocycles. The highest BCUT2D eigenvalue weighted by Gasteiger charge is 2.42. The smallest absolute Gasteiger partial charge is 0.331 e. The van der Waals surface area contributed by atoms with Gasteiger partial charge in [-0.1, -0.05) is 50.6 Å². The average Bonchev–Trinajstić information content (AvgIpc) is 2.86. The lowest BCUT2D eigenvalue weighted by Crippen LogP contribution is -2.28. The summed E-state index contributed by atoms with van der Waals surface area (Å²) < 4.78 is 28.5. The number of rotatable bonds is 8. The Bertz CT molecular complexity index is 974. The summed E-state index contributed by atoms with van der Waals surface area (Å²) in [6, 6.07) is 14.0. The third-order valence-electron chi connectivity index (χ3n) is 6.31. The Labute approximate surface area is 196 Å². The molecule has 0 saturated heterocycles. The fraction of sp³-hybridized carbons (Fsp3) is 0.400. The van der Waals surface area contributed by atoms with E-state index in [0.29, 0.717) is 16.4 Å². The van der Waals surface area contributed by atoms with E-state index in [4.69, 9.17) is 9.84 Å². The summed E-state index contributed by atoms with van der Waals surface area (Å²) in [5.74, 6) is -0.323. The van der Waals surface area contributed by atoms with Gasteiger partial charge < -0.3 is 9.84 Å². The van der Waals surface area contributed by atoms with Crippen LogP contribution in [0, 0.1) is 5.41 Å². The Morgan fingerprint density at radius 1 is 1.25 bits per heavy atom. The number of carboxylic acids is 1. The van der Waals surface area contributed by atoms with Gasteiger partial charge in [0.25, 0.3) is 0 Å². The number of benzene rings is 2. The molecule has 2 atom stereocenters. The third kappa shape index (κ3) is 5.34. The second-order valence-corrected chi connectivity index (χ2v) is 11.3. The molecule has 2 aromatic carbocycles. The van der Waals surface area contributed by atoms with E-state index in [1.165, 1.54) is 11.8 Å². The van der Waals surface area contributed by atoms with Crippen molar-refractivity contribution < 1.29 is 23.7 Å². The molecule has 0 amide bonds. The van der Waals surface area contributed by atoms with Crippen molar-refractivity contribution in [3.63, 3.8) is 0 Å². The van der Waals surface area contributed by atoms with Gasteiger partial charge in [0.1, 0.15) is 5.75 Å². The van der Waals surface area contributed by atoms with Crippen molar-refractivity contribution in [2.45, 2.75) is 55.2 Å². The number of fused-ring (bicyclic) bond motifs is 1. The van der Waals surface area contributed by atoms with Crippen LogP contribution in [0.25, 0.3) is 0 Å². The van der Waals surface area contributed by atoms with E-state index < -0.39 is 16.6 Å². The van der Waals surface area contributed by atoms with E-state index in [2.05, 4.69) is 26.0 Å². The van der Waals surface area contributed by atoms with E-state index in [9.17, 15) is 13.9 Å². The zero-order chi connectivity index (χ0) is 23.4. The summed E-state index contributed by atoms with van der Waals surface area (Å²) in [5, 5.41) is 8.88. The van der Waals surface area contributed by atoms with Crippen LogP contribution in [-0.2, 0) is 4.79 Å². The van der Waals surface area contributed by atoms with Gasteiger partial charge in [0.2, 0.25) is 0 Å². The van der Waals surface area contributed by atoms with Crippen LogP contribution < -0.4 is 4.74 Å². The van der Waals surface area contributed by atoms with Crippen LogP contribution in [0.4, 0.5) is 0 Å². The topological polar surface area (TPSA) is 87.0 Å². The fourth-order valence-electron chi connectivity index (χ4n) is 4.75. The van der Waals surface area contributed by atoms with Crippen LogP contribution in [0.15, 0.2) is 64.6 Å². The molecule has 0 fully saturated rings. The summed E-state index contributed by atoms with van der Waals surface area (Å²) in [7, 11) is -3.08. The predicted molar refractivity (Wildman–Crippen MR) is 132 cm³/mol. The molecule has 0 aromatic heterocycles. The van der Waals surface area contributed by atoms with Gasteiger partial charge in [0, 0.05) is 17.7 Å². The number of hydrogen-bond donors (Lipinski definition) is 3. The van der Waals surface area contributed by atoms with E-state index in [0.717, 1.165) is 54.0 Å². The van der Waals surface area contributed by atoms with Gasteiger partial charge in [0.05, 0.1) is 22.1 Å². The van der Waals surface area contributed by atoms with Gasteiger partial charge in [-0.15, -0.1) is 11.8 Å². The molecule has 2 aromatic rings. The van der Waals surface area contributed by atoms with E-state index in [1.807, 2.05) is 30.5 Å². The van der Waals surface area contributed by atoms with Gasteiger partial charge in [-0.05, 0) is 48.1 Å². The first-order valence-corrected chi connectivity index (χ1v) is 13.8. The van der Waals surface area contributed by atoms with E-state index >= 15 is 0 Å². The zero-order valence-corrected chi connectivity index (χ0v) is 20.4. The minimum absolute atomic E-state index is 0.0286. The standard InChI is InChI=1S/C25H32O5S2/c1-4-12-25(5-2)16-20(18-9-7-6-8-10-18)19-14-22(31-3)21(30-13-11-24(26)27)15-23(19)32(28,29)17-25/h6-11,13-15,20,28-29H,4-5,12,16-17H2,1-3H3,(H,26,27)/b13-11+. The number of hydrogen-bond acceptors (Lipinski definition) is 5. The second-order valence-electron chi connectivity index (χ2n) is 8.38. The van der Waals surface area contributed by atoms with Crippen molar-refractivity contribution in [1.29, 1.82) is 0 Å². The zero-order valence-electron chi connectivity index (χ0n) is 18.8. The molecule has 0 bridgehead atoms. The van der Waals surface area contributed by atoms with E-state index in [-0.39, 0.29) is 11.3 Å². The number of ether oxygens (including phenoxy) is 1. The number of carboxylic acid groups (broad SMARTS) is 1. The predicted octanol–water partition coefficient (Wildman–Crippen LogP) is 7.23. The summed E-state index contributed by atoms with van der Waals surface area (Å²) in [4.78, 5) is 12.2. The molecule has 1 heterocycles. The molecular formula is C25H32O5S2. The first-order valence-electron chi connectivity index (χ1n) is 10.8. The lowest BCUT2D eigenvalue weighted by Gasteiger charge is -2.41. The molecule has 3 rings (SSSR count). The van der Waals surface area contributed by atoms with Gasteiger partial charge in [-0.25, -0.2) is 4.79 Å². The molecule has 32 heavy (non-hydrogen) atoms. The molecule has 1 aliphatic rings. The third-order valence-corrected chi connectivity index (χ3v) is 9.14. The Balaban J connectivity index is 2.22. The normalized spacial score (nSPS) is 23.3. The molecule has 174 valence electrons. The van der Waals surface area contributed by atoms with Crippen molar-refractivity contribution >= 4 is 28.3 Å². The maximum atomic E-state index is 11.4. The Morgan fingerprint density at radius 2 is 1.97 bits per heavy atom. The molecule has 5 nitrogen and oxygen atoms in total. The summed E-state index contributed by atoms with van der Waals surface area (Å²) >= 11 is 1.49. The van der Waals surface area contributed by atoms with Crippen molar-refractivity contribution in [2.75, 3.05) is 12.0 Å². The summed E-state index contributed by atoms with van der Waals surface area (Å²) in [5.41, 5.74) is 1.89. The molecule has 0 spiro atoms. The van der Waals surface area contributed by atoms with Crippen molar-refractivity contribution in [2.24, 2.45) is 5.41 Å². The average molecular weight is 477 g/mol. The maximum absolute atomic E-state index is 11.4. The minimum atomic E-state index is -3.08. The van der Waals surface area contributed by atoms with Crippen LogP contribution >= 0.6 is 22.4 Å². The Kier molecular flexibility index (Phi) is 7.98. The Hall–Kier alpha value is -1.93. The molecule has 2 unspecified atom stereocenters. The molecular weight excluding hydrogens is 444 g/mol. The second kappa shape index (κ2) is 10.3. The fourth-order valence-corrected chi connectivity index (χ4v) is 7.65. The molecule has 7 heteroatoms. The Morgan fingerprint density at radius 3 is 2.56 bits per heavy atom. The summed E-state index contributed by atoms with van der Waals surface area (Å²) in [6.07, 6.45) is 7.58. The number of carbonyl (C=O) groups is 1. The van der Waals surface area contributed by atoms with Gasteiger partial charge in [-0.3, -0.25) is 9.11 Å². The van der Waals surface area contributed by atoms with Crippen molar-refractivity contribution in [3.8, 4) is 5.75 Å². The molecule has 0 radical (unpaired) electrons. The SMILES string of the molecule is CCCC1(CC)CC(c2ccccc2)c2cc(SC)c(O/C=C/C(=O)O)cc2S(O)(O)C1. The maximum Gasteiger partial charge on any atom is 0.331 e. The van der Waals surface area contributed by atoms with E-state index in [1.54, 1.807) is 6.07 Å². The van der Waals surface area contributed by atoms with Gasteiger partial charge in [-0.2, -0.15) is 10.6 Å². The van der Waals surface area contributed by atoms with Crippen LogP contribution in [0.1, 0.15) is 56.6 Å². The van der Waals surface area contributed by atoms with Crippen molar-refractivity contribution in [1.82, 2.24) is 0 Å². The largest absolute Gasteiger partial charge is 0.478 e. The number of aliphatic carboxylic acids is 1. The summed E-state index contributed by atoms with van der Waals surface area (Å²) in [6.45, 7) is 4.28. The molecule has 1 aliphatic heterocycles. The van der Waals surface area contributed by atoms with Crippen LogP contribution in [0.3, 0.4) is 0 Å². The van der Waals surface area contributed by atoms with Gasteiger partial charge in [0.15, 0.2) is 0 Å². The highest BCUT2D eigenvalue weighted by molar-refractivity contribution is 8.24. The van der Waals surface area contributed by atoms with Crippen LogP contribution in [-0.4, -0.2) is 32.2 Å². The number of thioether (sulfide) groups is 1. The quantitative estimate of drug-likeness (QED) is 0.212.